The lowest BCUT2D eigenvalue weighted by molar-refractivity contribution is -0.146. The van der Waals surface area contributed by atoms with Gasteiger partial charge < -0.3 is 89.1 Å². The number of guanidine groups is 1. The number of aliphatic hydroxyl groups is 1. The van der Waals surface area contributed by atoms with Crippen molar-refractivity contribution in [3.63, 3.8) is 0 Å². The molecular weight excluding hydrogens is 1030 g/mol. The van der Waals surface area contributed by atoms with Crippen molar-refractivity contribution >= 4 is 77.0 Å². The number of rotatable bonds is 27. The zero-order valence-electron chi connectivity index (χ0n) is 43.6. The summed E-state index contributed by atoms with van der Waals surface area (Å²) in [5.41, 5.74) is 11.6. The fraction of sp³-hybridized carbons (Fsp3) is 0.604. The van der Waals surface area contributed by atoms with Gasteiger partial charge in [-0.2, -0.15) is 0 Å². The number of nitrogens with zero attached hydrogens (tertiary/aromatic N) is 3. The first-order valence-corrected chi connectivity index (χ1v) is 25.5. The summed E-state index contributed by atoms with van der Waals surface area (Å²) in [7, 11) is 0. The number of aliphatic carboxylic acids is 2. The predicted molar refractivity (Wildman–Crippen MR) is 272 cm³/mol. The van der Waals surface area contributed by atoms with Gasteiger partial charge in [0, 0.05) is 32.6 Å². The molecule has 3 aliphatic rings. The van der Waals surface area contributed by atoms with Crippen molar-refractivity contribution in [1.29, 1.82) is 5.41 Å². The average molecular weight is 1100 g/mol. The van der Waals surface area contributed by atoms with Crippen LogP contribution in [0.25, 0.3) is 0 Å². The number of hydrogen-bond donors (Lipinski definition) is 15. The van der Waals surface area contributed by atoms with Crippen molar-refractivity contribution in [2.24, 2.45) is 11.5 Å². The van der Waals surface area contributed by atoms with Crippen LogP contribution in [0.2, 0.25) is 0 Å². The second kappa shape index (κ2) is 29.4. The zero-order chi connectivity index (χ0) is 58.0. The molecule has 430 valence electrons. The summed E-state index contributed by atoms with van der Waals surface area (Å²) in [6.45, 7) is 2.86. The highest BCUT2D eigenvalue weighted by atomic mass is 16.4. The van der Waals surface area contributed by atoms with Crippen LogP contribution in [0.1, 0.15) is 84.1 Å². The molecule has 0 bridgehead atoms. The van der Waals surface area contributed by atoms with E-state index in [-0.39, 0.29) is 76.4 Å². The maximum Gasteiger partial charge on any atom is 0.326 e. The molecule has 17 N–H and O–H groups in total. The summed E-state index contributed by atoms with van der Waals surface area (Å²) < 4.78 is 0. The quantitative estimate of drug-likeness (QED) is 0.0222. The van der Waals surface area contributed by atoms with E-state index in [4.69, 9.17) is 16.9 Å². The van der Waals surface area contributed by atoms with Crippen molar-refractivity contribution in [2.75, 3.05) is 39.3 Å². The van der Waals surface area contributed by atoms with Crippen LogP contribution in [-0.2, 0) is 64.0 Å². The predicted octanol–water partition coefficient (Wildman–Crippen LogP) is -5.87. The van der Waals surface area contributed by atoms with E-state index < -0.39 is 151 Å². The van der Waals surface area contributed by atoms with E-state index in [0.29, 0.717) is 24.8 Å². The third kappa shape index (κ3) is 18.3. The topological polar surface area (TPSA) is 468 Å². The van der Waals surface area contributed by atoms with Crippen LogP contribution < -0.4 is 54.0 Å². The number of likely N-dealkylation sites (tertiary alicyclic amines) is 3. The first-order chi connectivity index (χ1) is 36.8. The Kier molecular flexibility index (Phi) is 23.5. The second-order valence-corrected chi connectivity index (χ2v) is 19.3. The molecule has 10 atom stereocenters. The lowest BCUT2D eigenvalue weighted by atomic mass is 10.1. The van der Waals surface area contributed by atoms with Crippen LogP contribution in [0.3, 0.4) is 0 Å². The number of phenolic OH excluding ortho intramolecular Hbond substituents is 1. The number of hydrogen-bond acceptors (Lipinski definition) is 16. The van der Waals surface area contributed by atoms with Crippen molar-refractivity contribution in [2.45, 2.75) is 145 Å². The lowest BCUT2D eigenvalue weighted by Crippen LogP contribution is -2.59. The van der Waals surface area contributed by atoms with Crippen molar-refractivity contribution in [3.8, 4) is 5.75 Å². The van der Waals surface area contributed by atoms with E-state index in [2.05, 4.69) is 42.5 Å². The summed E-state index contributed by atoms with van der Waals surface area (Å²) in [6.07, 6.45) is -0.911. The van der Waals surface area contributed by atoms with Gasteiger partial charge >= 0.3 is 11.9 Å². The Morgan fingerprint density at radius 1 is 0.641 bits per heavy atom. The highest BCUT2D eigenvalue weighted by Crippen LogP contribution is 2.23. The maximum atomic E-state index is 14.2. The zero-order valence-corrected chi connectivity index (χ0v) is 43.6. The van der Waals surface area contributed by atoms with Crippen LogP contribution >= 0.6 is 0 Å². The van der Waals surface area contributed by atoms with Gasteiger partial charge in [-0.15, -0.1) is 0 Å². The van der Waals surface area contributed by atoms with E-state index in [0.717, 1.165) is 4.90 Å². The first-order valence-electron chi connectivity index (χ1n) is 25.5. The lowest BCUT2D eigenvalue weighted by Gasteiger charge is -2.30. The van der Waals surface area contributed by atoms with E-state index in [1.165, 1.54) is 54.8 Å². The number of aliphatic hydroxyl groups excluding tert-OH is 1. The van der Waals surface area contributed by atoms with Crippen LogP contribution in [0.15, 0.2) is 24.3 Å². The molecule has 0 radical (unpaired) electrons. The number of benzene rings is 1. The summed E-state index contributed by atoms with van der Waals surface area (Å²) >= 11 is 0. The Balaban J connectivity index is 1.36. The average Bonchev–Trinajstić information content (AvgIpc) is 4.20. The number of nitrogens with one attached hydrogen (secondary N) is 9. The van der Waals surface area contributed by atoms with Gasteiger partial charge in [-0.3, -0.25) is 58.1 Å². The Morgan fingerprint density at radius 3 is 1.65 bits per heavy atom. The molecule has 78 heavy (non-hydrogen) atoms. The minimum absolute atomic E-state index is 0.0186. The highest BCUT2D eigenvalue weighted by molar-refractivity contribution is 5.99. The Bertz CT molecular complexity index is 2410. The standard InChI is InChI=1S/C48H72N14O16/c1-24(49)44(74)60-17-6-10-33(60)41(71)55-25(2)39(69)58-30(21-37(67)68)46(76)61-18-5-9-32(61)40(70)53-22-35(65)56-29(8-4-16-52-48(50)51)45(75)62-19-7-11-34(62)42(72)59-38(26(3)63)43(73)54-23-36(66)57-31(47(77)78)20-27-12-14-28(64)15-13-27/h12-15,24-26,29-34,38,63-64H,4-11,16-23,49H2,1-3H3,(H,53,70)(H,54,73)(H,55,71)(H,56,65)(H,57,66)(H,58,69)(H,59,72)(H,67,68)(H,77,78)(H4,50,51,52)/t24-,25-,26+,29-,30-,31-,32-,33-,34-,38-/m0/s1. The number of aromatic hydroxyl groups is 1. The molecule has 0 spiro atoms. The summed E-state index contributed by atoms with van der Waals surface area (Å²) in [6, 6.07) is -5.97. The van der Waals surface area contributed by atoms with Crippen LogP contribution in [-0.4, -0.2) is 212 Å². The minimum atomic E-state index is -1.69. The number of amides is 10. The van der Waals surface area contributed by atoms with Gasteiger partial charge in [-0.1, -0.05) is 12.1 Å². The Labute approximate surface area is 448 Å². The van der Waals surface area contributed by atoms with Gasteiger partial charge in [0.1, 0.15) is 54.1 Å². The van der Waals surface area contributed by atoms with Gasteiger partial charge in [0.2, 0.25) is 59.1 Å². The van der Waals surface area contributed by atoms with Crippen molar-refractivity contribution in [3.05, 3.63) is 29.8 Å². The molecule has 3 aliphatic heterocycles. The van der Waals surface area contributed by atoms with E-state index in [9.17, 15) is 78.0 Å². The van der Waals surface area contributed by atoms with E-state index in [1.807, 2.05) is 0 Å². The molecule has 0 saturated carbocycles. The molecule has 3 fully saturated rings. The molecule has 30 nitrogen and oxygen atoms in total. The van der Waals surface area contributed by atoms with Crippen molar-refractivity contribution in [1.82, 2.24) is 57.2 Å². The molecule has 3 heterocycles. The number of carboxylic acids is 2. The van der Waals surface area contributed by atoms with Gasteiger partial charge in [0.25, 0.3) is 0 Å². The molecule has 0 unspecified atom stereocenters. The molecule has 1 aromatic carbocycles. The van der Waals surface area contributed by atoms with Gasteiger partial charge in [0.05, 0.1) is 31.7 Å². The van der Waals surface area contributed by atoms with E-state index >= 15 is 0 Å². The van der Waals surface area contributed by atoms with E-state index in [1.54, 1.807) is 0 Å². The normalized spacial score (nSPS) is 19.6. The number of carboxylic acid groups (broad SMARTS) is 2. The maximum absolute atomic E-state index is 14.2. The minimum Gasteiger partial charge on any atom is -0.508 e. The van der Waals surface area contributed by atoms with Gasteiger partial charge in [-0.25, -0.2) is 4.79 Å². The molecule has 30 heteroatoms. The Hall–Kier alpha value is -8.15. The summed E-state index contributed by atoms with van der Waals surface area (Å²) in [4.78, 5) is 161. The van der Waals surface area contributed by atoms with Crippen molar-refractivity contribution < 1.29 is 78.0 Å². The molecule has 0 aliphatic carbocycles. The second-order valence-electron chi connectivity index (χ2n) is 19.3. The molecule has 3 saturated heterocycles. The first kappa shape index (κ1) is 62.4. The third-order valence-electron chi connectivity index (χ3n) is 13.2. The Morgan fingerprint density at radius 2 is 1.14 bits per heavy atom. The summed E-state index contributed by atoms with van der Waals surface area (Å²) in [5, 5.41) is 66.1. The number of phenols is 1. The molecule has 4 rings (SSSR count). The molecule has 0 aromatic heterocycles. The number of carbonyl (C=O) groups excluding carboxylic acids is 10. The number of nitrogens with two attached hydrogens (primary N) is 2. The van der Waals surface area contributed by atoms with Gasteiger partial charge in [0.15, 0.2) is 5.96 Å². The SMILES string of the molecule is C[C@H](N)C(=O)N1CCC[C@H]1C(=O)N[C@@H](C)C(=O)N[C@@H](CC(=O)O)C(=O)N1CCC[C@H]1C(=O)NCC(=O)N[C@@H](CCCNC(=N)N)C(=O)N1CCC[C@H]1C(=O)N[C@H](C(=O)NCC(=O)N[C@@H](Cc1ccc(O)cc1)C(=O)O)[C@@H](C)O. The number of carbonyl (C=O) groups is 12. The smallest absolute Gasteiger partial charge is 0.326 e. The van der Waals surface area contributed by atoms with Crippen LogP contribution in [0.5, 0.6) is 5.75 Å². The highest BCUT2D eigenvalue weighted by Gasteiger charge is 2.42. The fourth-order valence-corrected chi connectivity index (χ4v) is 9.18. The van der Waals surface area contributed by atoms with Gasteiger partial charge in [-0.05, 0) is 89.8 Å². The summed E-state index contributed by atoms with van der Waals surface area (Å²) in [5.74, 6) is -11.5. The molecule has 1 aromatic rings. The third-order valence-corrected chi connectivity index (χ3v) is 13.2. The van der Waals surface area contributed by atoms with Crippen LogP contribution in [0, 0.1) is 5.41 Å². The molecule has 10 amide bonds. The van der Waals surface area contributed by atoms with Crippen LogP contribution in [0.4, 0.5) is 0 Å². The monoisotopic (exact) mass is 1100 g/mol. The molecular formula is C48H72N14O16. The fourth-order valence-electron chi connectivity index (χ4n) is 9.18. The largest absolute Gasteiger partial charge is 0.508 e.